The summed E-state index contributed by atoms with van der Waals surface area (Å²) in [6, 6.07) is 77.8. The molecule has 2 aromatic heterocycles. The summed E-state index contributed by atoms with van der Waals surface area (Å²) >= 11 is 0. The first kappa shape index (κ1) is 31.9. The smallest absolute Gasteiger partial charge is 0.180 e. The minimum atomic E-state index is -2.67. The van der Waals surface area contributed by atoms with Crippen LogP contribution in [0.5, 0.6) is 0 Å². The highest BCUT2D eigenvalue weighted by Gasteiger charge is 2.48. The Kier molecular flexibility index (Phi) is 6.56. The molecule has 0 unspecified atom stereocenters. The van der Waals surface area contributed by atoms with E-state index in [0.717, 1.165) is 6.42 Å². The second-order valence-electron chi connectivity index (χ2n) is 16.0. The van der Waals surface area contributed by atoms with Crippen LogP contribution >= 0.6 is 0 Å². The van der Waals surface area contributed by atoms with Crippen LogP contribution in [0.2, 0.25) is 0 Å². The first-order valence-corrected chi connectivity index (χ1v) is 22.3. The number of hydrogen-bond acceptors (Lipinski definition) is 0. The maximum atomic E-state index is 2.54. The van der Waals surface area contributed by atoms with Crippen molar-refractivity contribution < 1.29 is 0 Å². The molecule has 0 fully saturated rings. The lowest BCUT2D eigenvalue weighted by atomic mass is 10.0. The van der Waals surface area contributed by atoms with E-state index in [9.17, 15) is 0 Å². The number of hydrogen-bond donors (Lipinski definition) is 0. The van der Waals surface area contributed by atoms with Crippen LogP contribution in [0.15, 0.2) is 206 Å². The van der Waals surface area contributed by atoms with Crippen molar-refractivity contribution in [2.75, 3.05) is 0 Å². The highest BCUT2D eigenvalue weighted by Crippen LogP contribution is 2.44. The van der Waals surface area contributed by atoms with E-state index in [0.29, 0.717) is 0 Å². The van der Waals surface area contributed by atoms with Gasteiger partial charge in [0.1, 0.15) is 0 Å². The SMILES string of the molecule is c1ccc([Si]2(c3ccccc3)c3ccccc3-c3ccc(-n4c5ccccc5c5c6c7ccccc7n(-c7ccc8c(c7)-c7ccccc7C8)c6ccc54)cc32)cc1. The topological polar surface area (TPSA) is 9.86 Å². The van der Waals surface area contributed by atoms with Crippen LogP contribution < -0.4 is 20.7 Å². The zero-order valence-electron chi connectivity index (χ0n) is 31.7. The Morgan fingerprint density at radius 3 is 1.50 bits per heavy atom. The molecular formula is C55H36N2Si. The quantitative estimate of drug-likeness (QED) is 0.159. The molecular weight excluding hydrogens is 717 g/mol. The molecule has 0 saturated heterocycles. The Hall–Kier alpha value is -7.20. The van der Waals surface area contributed by atoms with Gasteiger partial charge in [-0.1, -0.05) is 158 Å². The summed E-state index contributed by atoms with van der Waals surface area (Å²) < 4.78 is 5.02. The molecule has 0 bridgehead atoms. The summed E-state index contributed by atoms with van der Waals surface area (Å²) in [5.74, 6) is 0. The van der Waals surface area contributed by atoms with Crippen LogP contribution in [0.4, 0.5) is 0 Å². The summed E-state index contributed by atoms with van der Waals surface area (Å²) in [4.78, 5) is 0. The van der Waals surface area contributed by atoms with Crippen molar-refractivity contribution in [2.45, 2.75) is 6.42 Å². The fourth-order valence-electron chi connectivity index (χ4n) is 10.9. The minimum absolute atomic E-state index is 0.994. The first-order valence-electron chi connectivity index (χ1n) is 20.3. The summed E-state index contributed by atoms with van der Waals surface area (Å²) in [6.07, 6.45) is 0.994. The minimum Gasteiger partial charge on any atom is -0.309 e. The Morgan fingerprint density at radius 1 is 0.328 bits per heavy atom. The van der Waals surface area contributed by atoms with E-state index in [1.54, 1.807) is 0 Å². The fourth-order valence-corrected chi connectivity index (χ4v) is 16.1. The van der Waals surface area contributed by atoms with Gasteiger partial charge in [-0.3, -0.25) is 0 Å². The van der Waals surface area contributed by atoms with Gasteiger partial charge in [0, 0.05) is 32.9 Å². The lowest BCUT2D eigenvalue weighted by Gasteiger charge is -2.31. The third kappa shape index (κ3) is 4.16. The summed E-state index contributed by atoms with van der Waals surface area (Å²) in [5.41, 5.74) is 15.5. The Bertz CT molecular complexity index is 3440. The molecule has 0 amide bonds. The molecule has 2 aliphatic rings. The zero-order chi connectivity index (χ0) is 38.0. The molecule has 0 radical (unpaired) electrons. The molecule has 2 nitrogen and oxygen atoms in total. The number of aromatic nitrogens is 2. The molecule has 0 spiro atoms. The maximum Gasteiger partial charge on any atom is 0.180 e. The van der Waals surface area contributed by atoms with Crippen molar-refractivity contribution in [2.24, 2.45) is 0 Å². The van der Waals surface area contributed by atoms with Gasteiger partial charge in [0.25, 0.3) is 0 Å². The lowest BCUT2D eigenvalue weighted by molar-refractivity contribution is 1.17. The molecule has 1 aliphatic heterocycles. The average molecular weight is 753 g/mol. The van der Waals surface area contributed by atoms with Gasteiger partial charge in [-0.15, -0.1) is 0 Å². The summed E-state index contributed by atoms with van der Waals surface area (Å²) in [7, 11) is -2.67. The second-order valence-corrected chi connectivity index (χ2v) is 19.7. The summed E-state index contributed by atoms with van der Waals surface area (Å²) in [5, 5.41) is 10.9. The highest BCUT2D eigenvalue weighted by atomic mass is 28.3. The number of rotatable bonds is 4. The average Bonchev–Trinajstić information content (AvgIpc) is 4.02. The van der Waals surface area contributed by atoms with Gasteiger partial charge in [-0.05, 0) is 109 Å². The van der Waals surface area contributed by atoms with E-state index < -0.39 is 8.07 Å². The van der Waals surface area contributed by atoms with Gasteiger partial charge in [0.2, 0.25) is 0 Å². The van der Waals surface area contributed by atoms with Crippen molar-refractivity contribution in [1.82, 2.24) is 9.13 Å². The lowest BCUT2D eigenvalue weighted by Crippen LogP contribution is -2.72. The van der Waals surface area contributed by atoms with E-state index in [4.69, 9.17) is 0 Å². The normalized spacial score (nSPS) is 13.6. The molecule has 13 rings (SSSR count). The molecule has 3 heteroatoms. The van der Waals surface area contributed by atoms with Gasteiger partial charge in [0.15, 0.2) is 8.07 Å². The van der Waals surface area contributed by atoms with Crippen LogP contribution in [0.3, 0.4) is 0 Å². The maximum absolute atomic E-state index is 2.67. The third-order valence-corrected chi connectivity index (χ3v) is 18.1. The summed E-state index contributed by atoms with van der Waals surface area (Å²) in [6.45, 7) is 0. The van der Waals surface area contributed by atoms with Crippen LogP contribution in [0.25, 0.3) is 77.2 Å². The fraction of sp³-hybridized carbons (Fsp3) is 0.0182. The van der Waals surface area contributed by atoms with E-state index in [1.165, 1.54) is 109 Å². The van der Waals surface area contributed by atoms with Crippen LogP contribution in [0.1, 0.15) is 11.1 Å². The molecule has 270 valence electrons. The zero-order valence-corrected chi connectivity index (χ0v) is 32.7. The standard InChI is InChI=1S/C55H36N2Si/c1-3-16-40(17-4-1)58(41-18-5-2-6-19-41)52-26-14-11-21-43(52)44-30-29-39(35-53(44)58)57-49-25-13-10-23-46(49)55-51(57)32-31-50-54(55)45-22-9-12-24-48(45)56(50)38-28-27-37-33-36-15-7-8-20-42(36)47(37)34-38/h1-32,34-35H,33H2. The van der Waals surface area contributed by atoms with Crippen molar-refractivity contribution in [3.63, 3.8) is 0 Å². The van der Waals surface area contributed by atoms with Gasteiger partial charge < -0.3 is 9.13 Å². The van der Waals surface area contributed by atoms with E-state index >= 15 is 0 Å². The number of para-hydroxylation sites is 2. The highest BCUT2D eigenvalue weighted by molar-refractivity contribution is 7.22. The number of fused-ring (bicyclic) bond motifs is 13. The van der Waals surface area contributed by atoms with Gasteiger partial charge in [-0.25, -0.2) is 0 Å². The van der Waals surface area contributed by atoms with Crippen molar-refractivity contribution in [3.05, 3.63) is 217 Å². The van der Waals surface area contributed by atoms with Crippen LogP contribution in [-0.2, 0) is 6.42 Å². The van der Waals surface area contributed by atoms with Crippen molar-refractivity contribution >= 4 is 72.4 Å². The van der Waals surface area contributed by atoms with E-state index in [1.807, 2.05) is 0 Å². The molecule has 0 N–H and O–H groups in total. The van der Waals surface area contributed by atoms with Gasteiger partial charge >= 0.3 is 0 Å². The third-order valence-electron chi connectivity index (χ3n) is 13.2. The second kappa shape index (κ2) is 11.9. The Labute approximate surface area is 337 Å². The van der Waals surface area contributed by atoms with Crippen molar-refractivity contribution in [1.29, 1.82) is 0 Å². The van der Waals surface area contributed by atoms with E-state index in [-0.39, 0.29) is 0 Å². The molecule has 58 heavy (non-hydrogen) atoms. The Balaban J connectivity index is 1.09. The van der Waals surface area contributed by atoms with Gasteiger partial charge in [-0.2, -0.15) is 0 Å². The number of benzene rings is 9. The van der Waals surface area contributed by atoms with E-state index in [2.05, 4.69) is 215 Å². The monoisotopic (exact) mass is 752 g/mol. The van der Waals surface area contributed by atoms with Crippen LogP contribution in [0, 0.1) is 0 Å². The molecule has 3 heterocycles. The van der Waals surface area contributed by atoms with Crippen LogP contribution in [-0.4, -0.2) is 17.2 Å². The first-order chi connectivity index (χ1) is 28.8. The molecule has 11 aromatic rings. The molecule has 9 aromatic carbocycles. The van der Waals surface area contributed by atoms with Gasteiger partial charge in [0.05, 0.1) is 22.1 Å². The predicted octanol–water partition coefficient (Wildman–Crippen LogP) is 10.8. The predicted molar refractivity (Wildman–Crippen MR) is 246 cm³/mol. The number of nitrogens with zero attached hydrogens (tertiary/aromatic N) is 2. The van der Waals surface area contributed by atoms with Crippen molar-refractivity contribution in [3.8, 4) is 33.6 Å². The molecule has 1 aliphatic carbocycles. The molecule has 0 saturated carbocycles. The molecule has 0 atom stereocenters. The largest absolute Gasteiger partial charge is 0.309 e. The Morgan fingerprint density at radius 2 is 0.828 bits per heavy atom.